The molecule has 0 aliphatic heterocycles. The Bertz CT molecular complexity index is 789. The van der Waals surface area contributed by atoms with Crippen LogP contribution in [-0.2, 0) is 10.0 Å². The standard InChI is InChI=1S/C13H15N3O4S/c1-7-4-5-10(13(17)18)6-11(7)16-21(19,20)12-8(2)14-15-9(12)3/h4-6,16H,1-3H3,(H,14,15)(H,17,18). The van der Waals surface area contributed by atoms with E-state index in [-0.39, 0.29) is 16.1 Å². The van der Waals surface area contributed by atoms with Crippen molar-refractivity contribution in [1.29, 1.82) is 0 Å². The number of sulfonamides is 1. The molecular weight excluding hydrogens is 294 g/mol. The van der Waals surface area contributed by atoms with Crippen LogP contribution in [0.4, 0.5) is 5.69 Å². The van der Waals surface area contributed by atoms with E-state index in [1.54, 1.807) is 26.8 Å². The average Bonchev–Trinajstić information content (AvgIpc) is 2.71. The highest BCUT2D eigenvalue weighted by Crippen LogP contribution is 2.24. The Balaban J connectivity index is 2.46. The predicted octanol–water partition coefficient (Wildman–Crippen LogP) is 1.83. The Hall–Kier alpha value is -2.35. The number of carbonyl (C=O) groups is 1. The summed E-state index contributed by atoms with van der Waals surface area (Å²) in [6.45, 7) is 4.88. The number of rotatable bonds is 4. The zero-order valence-corrected chi connectivity index (χ0v) is 12.6. The van der Waals surface area contributed by atoms with E-state index in [4.69, 9.17) is 5.11 Å². The van der Waals surface area contributed by atoms with E-state index >= 15 is 0 Å². The van der Waals surface area contributed by atoms with Gasteiger partial charge < -0.3 is 5.11 Å². The predicted molar refractivity (Wildman–Crippen MR) is 77.0 cm³/mol. The summed E-state index contributed by atoms with van der Waals surface area (Å²) in [4.78, 5) is 11.0. The fourth-order valence-corrected chi connectivity index (χ4v) is 3.49. The maximum Gasteiger partial charge on any atom is 0.335 e. The molecule has 0 saturated carbocycles. The van der Waals surface area contributed by atoms with Crippen molar-refractivity contribution in [3.63, 3.8) is 0 Å². The van der Waals surface area contributed by atoms with Gasteiger partial charge in [0.2, 0.25) is 0 Å². The summed E-state index contributed by atoms with van der Waals surface area (Å²) in [5.74, 6) is -1.12. The van der Waals surface area contributed by atoms with Crippen molar-refractivity contribution in [2.45, 2.75) is 25.7 Å². The van der Waals surface area contributed by atoms with Crippen LogP contribution in [0.25, 0.3) is 0 Å². The van der Waals surface area contributed by atoms with Gasteiger partial charge in [-0.15, -0.1) is 0 Å². The van der Waals surface area contributed by atoms with Gasteiger partial charge in [-0.05, 0) is 38.5 Å². The first-order chi connectivity index (χ1) is 9.72. The van der Waals surface area contributed by atoms with Crippen molar-refractivity contribution in [2.75, 3.05) is 4.72 Å². The van der Waals surface area contributed by atoms with Crippen LogP contribution >= 0.6 is 0 Å². The lowest BCUT2D eigenvalue weighted by Gasteiger charge is -2.11. The number of aromatic nitrogens is 2. The molecule has 0 aliphatic carbocycles. The Morgan fingerprint density at radius 3 is 2.48 bits per heavy atom. The lowest BCUT2D eigenvalue weighted by Crippen LogP contribution is -2.15. The number of nitrogens with zero attached hydrogens (tertiary/aromatic N) is 1. The summed E-state index contributed by atoms with van der Waals surface area (Å²) in [6, 6.07) is 4.26. The number of H-pyrrole nitrogens is 1. The second-order valence-corrected chi connectivity index (χ2v) is 6.32. The molecule has 1 aromatic heterocycles. The number of aromatic carboxylic acids is 1. The van der Waals surface area contributed by atoms with Crippen molar-refractivity contribution < 1.29 is 18.3 Å². The molecule has 0 fully saturated rings. The van der Waals surface area contributed by atoms with Crippen LogP contribution in [0.3, 0.4) is 0 Å². The van der Waals surface area contributed by atoms with Gasteiger partial charge in [-0.1, -0.05) is 6.07 Å². The molecule has 0 spiro atoms. The normalized spacial score (nSPS) is 11.4. The first-order valence-electron chi connectivity index (χ1n) is 6.10. The molecule has 8 heteroatoms. The molecule has 21 heavy (non-hydrogen) atoms. The smallest absolute Gasteiger partial charge is 0.335 e. The highest BCUT2D eigenvalue weighted by molar-refractivity contribution is 7.92. The third-order valence-electron chi connectivity index (χ3n) is 3.06. The van der Waals surface area contributed by atoms with E-state index < -0.39 is 16.0 Å². The number of hydrogen-bond acceptors (Lipinski definition) is 4. The topological polar surface area (TPSA) is 112 Å². The van der Waals surface area contributed by atoms with Crippen LogP contribution in [0.1, 0.15) is 27.3 Å². The largest absolute Gasteiger partial charge is 0.478 e. The molecule has 2 aromatic rings. The van der Waals surface area contributed by atoms with Crippen LogP contribution in [0, 0.1) is 20.8 Å². The van der Waals surface area contributed by atoms with Crippen LogP contribution in [0.5, 0.6) is 0 Å². The van der Waals surface area contributed by atoms with Gasteiger partial charge in [-0.2, -0.15) is 5.10 Å². The van der Waals surface area contributed by atoms with Crippen LogP contribution < -0.4 is 4.72 Å². The SMILES string of the molecule is Cc1ccc(C(=O)O)cc1NS(=O)(=O)c1c(C)n[nH]c1C. The van der Waals surface area contributed by atoms with Gasteiger partial charge in [-0.3, -0.25) is 9.82 Å². The molecule has 7 nitrogen and oxygen atoms in total. The lowest BCUT2D eigenvalue weighted by atomic mass is 10.1. The first-order valence-corrected chi connectivity index (χ1v) is 7.59. The molecule has 0 radical (unpaired) electrons. The maximum atomic E-state index is 12.4. The second-order valence-electron chi connectivity index (χ2n) is 4.70. The van der Waals surface area contributed by atoms with Gasteiger partial charge in [0.1, 0.15) is 4.90 Å². The van der Waals surface area contributed by atoms with Gasteiger partial charge in [0.05, 0.1) is 22.6 Å². The summed E-state index contributed by atoms with van der Waals surface area (Å²) < 4.78 is 27.3. The minimum absolute atomic E-state index is 0.0129. The van der Waals surface area contributed by atoms with E-state index in [1.807, 2.05) is 0 Å². The van der Waals surface area contributed by atoms with E-state index in [0.717, 1.165) is 0 Å². The quantitative estimate of drug-likeness (QED) is 0.797. The van der Waals surface area contributed by atoms with E-state index in [9.17, 15) is 13.2 Å². The Morgan fingerprint density at radius 2 is 1.95 bits per heavy atom. The second kappa shape index (κ2) is 5.21. The van der Waals surface area contributed by atoms with Gasteiger partial charge in [0, 0.05) is 0 Å². The van der Waals surface area contributed by atoms with Crippen LogP contribution in [0.15, 0.2) is 23.1 Å². The summed E-state index contributed by atoms with van der Waals surface area (Å²) in [5.41, 5.74) is 1.65. The van der Waals surface area contributed by atoms with E-state index in [2.05, 4.69) is 14.9 Å². The third-order valence-corrected chi connectivity index (χ3v) is 4.69. The zero-order valence-electron chi connectivity index (χ0n) is 11.8. The van der Waals surface area contributed by atoms with E-state index in [0.29, 0.717) is 17.0 Å². The highest BCUT2D eigenvalue weighted by atomic mass is 32.2. The number of benzene rings is 1. The molecule has 112 valence electrons. The van der Waals surface area contributed by atoms with Crippen LogP contribution in [0.2, 0.25) is 0 Å². The number of nitrogens with one attached hydrogen (secondary N) is 2. The number of anilines is 1. The molecule has 1 heterocycles. The fourth-order valence-electron chi connectivity index (χ4n) is 2.00. The number of carboxylic acids is 1. The van der Waals surface area contributed by atoms with Crippen molar-refractivity contribution in [3.8, 4) is 0 Å². The molecule has 0 unspecified atom stereocenters. The molecule has 3 N–H and O–H groups in total. The summed E-state index contributed by atoms with van der Waals surface area (Å²) in [6.07, 6.45) is 0. The van der Waals surface area contributed by atoms with Gasteiger partial charge in [0.25, 0.3) is 10.0 Å². The molecule has 0 amide bonds. The average molecular weight is 309 g/mol. The minimum atomic E-state index is -3.83. The molecule has 2 rings (SSSR count). The van der Waals surface area contributed by atoms with Crippen molar-refractivity contribution in [2.24, 2.45) is 0 Å². The third kappa shape index (κ3) is 2.89. The van der Waals surface area contributed by atoms with Crippen LogP contribution in [-0.4, -0.2) is 29.7 Å². The van der Waals surface area contributed by atoms with Crippen molar-refractivity contribution >= 4 is 21.7 Å². The van der Waals surface area contributed by atoms with Gasteiger partial charge >= 0.3 is 5.97 Å². The maximum absolute atomic E-state index is 12.4. The fraction of sp³-hybridized carbons (Fsp3) is 0.231. The summed E-state index contributed by atoms with van der Waals surface area (Å²) >= 11 is 0. The van der Waals surface area contributed by atoms with Gasteiger partial charge in [0.15, 0.2) is 0 Å². The Labute approximate surface area is 122 Å². The lowest BCUT2D eigenvalue weighted by molar-refractivity contribution is 0.0697. The highest BCUT2D eigenvalue weighted by Gasteiger charge is 2.23. The minimum Gasteiger partial charge on any atom is -0.478 e. The Kier molecular flexibility index (Phi) is 3.73. The number of hydrogen-bond donors (Lipinski definition) is 3. The van der Waals surface area contributed by atoms with Crippen molar-refractivity contribution in [1.82, 2.24) is 10.2 Å². The number of aromatic amines is 1. The molecule has 0 atom stereocenters. The molecule has 0 saturated heterocycles. The van der Waals surface area contributed by atoms with E-state index in [1.165, 1.54) is 12.1 Å². The first kappa shape index (κ1) is 15.0. The summed E-state index contributed by atoms with van der Waals surface area (Å²) in [5, 5.41) is 15.4. The monoisotopic (exact) mass is 309 g/mol. The molecule has 0 aliphatic rings. The van der Waals surface area contributed by atoms with Crippen molar-refractivity contribution in [3.05, 3.63) is 40.7 Å². The molecular formula is C13H15N3O4S. The Morgan fingerprint density at radius 1 is 1.29 bits per heavy atom. The molecule has 1 aromatic carbocycles. The zero-order chi connectivity index (χ0) is 15.8. The number of aryl methyl sites for hydroxylation is 3. The van der Waals surface area contributed by atoms with Gasteiger partial charge in [-0.25, -0.2) is 13.2 Å². The number of carboxylic acid groups (broad SMARTS) is 1. The summed E-state index contributed by atoms with van der Waals surface area (Å²) in [7, 11) is -3.83. The molecule has 0 bridgehead atoms.